The van der Waals surface area contributed by atoms with Crippen LogP contribution >= 0.6 is 0 Å². The molecule has 0 aliphatic carbocycles. The van der Waals surface area contributed by atoms with E-state index in [9.17, 15) is 5.11 Å². The van der Waals surface area contributed by atoms with Gasteiger partial charge in [-0.25, -0.2) is 4.98 Å². The molecule has 0 amide bonds. The molecule has 4 aromatic rings. The number of nitrogens with zero attached hydrogens (tertiary/aromatic N) is 2. The third-order valence-electron chi connectivity index (χ3n) is 4.25. The highest BCUT2D eigenvalue weighted by atomic mass is 16.3. The van der Waals surface area contributed by atoms with Crippen molar-refractivity contribution in [3.8, 4) is 11.6 Å². The Balaban J connectivity index is 2.29. The van der Waals surface area contributed by atoms with E-state index in [0.717, 1.165) is 33.4 Å². The van der Waals surface area contributed by atoms with Crippen LogP contribution in [0.3, 0.4) is 0 Å². The number of fused-ring (bicyclic) bond motifs is 3. The van der Waals surface area contributed by atoms with Crippen LogP contribution in [0.4, 0.5) is 0 Å². The quantitative estimate of drug-likeness (QED) is 0.560. The second kappa shape index (κ2) is 4.60. The Hall–Kier alpha value is -2.81. The molecule has 0 fully saturated rings. The Morgan fingerprint density at radius 1 is 0.909 bits per heavy atom. The first-order valence-corrected chi connectivity index (χ1v) is 7.32. The maximum absolute atomic E-state index is 10.1. The van der Waals surface area contributed by atoms with E-state index in [4.69, 9.17) is 0 Å². The van der Waals surface area contributed by atoms with E-state index in [1.807, 2.05) is 31.2 Å². The van der Waals surface area contributed by atoms with Crippen LogP contribution < -0.4 is 0 Å². The van der Waals surface area contributed by atoms with Crippen molar-refractivity contribution in [2.24, 2.45) is 0 Å². The number of phenols is 1. The lowest BCUT2D eigenvalue weighted by molar-refractivity contribution is 0.472. The van der Waals surface area contributed by atoms with Crippen LogP contribution in [0.2, 0.25) is 0 Å². The molecule has 0 atom stereocenters. The maximum Gasteiger partial charge on any atom is 0.140 e. The summed E-state index contributed by atoms with van der Waals surface area (Å²) in [6.07, 6.45) is 1.81. The highest BCUT2D eigenvalue weighted by Crippen LogP contribution is 2.36. The van der Waals surface area contributed by atoms with Crippen LogP contribution in [0, 0.1) is 13.8 Å². The van der Waals surface area contributed by atoms with E-state index < -0.39 is 0 Å². The van der Waals surface area contributed by atoms with Crippen molar-refractivity contribution in [3.05, 3.63) is 65.9 Å². The molecule has 1 N–H and O–H groups in total. The lowest BCUT2D eigenvalue weighted by Gasteiger charge is -2.11. The minimum absolute atomic E-state index is 0.310. The summed E-state index contributed by atoms with van der Waals surface area (Å²) in [5.74, 6) is 1.22. The Morgan fingerprint density at radius 3 is 2.55 bits per heavy atom. The molecule has 2 aromatic carbocycles. The van der Waals surface area contributed by atoms with Gasteiger partial charge in [0.2, 0.25) is 0 Å². The van der Waals surface area contributed by atoms with Crippen LogP contribution in [0.15, 0.2) is 54.7 Å². The van der Waals surface area contributed by atoms with Crippen molar-refractivity contribution in [1.82, 2.24) is 9.55 Å². The number of hydrogen-bond acceptors (Lipinski definition) is 2. The Bertz CT molecular complexity index is 1010. The minimum Gasteiger partial charge on any atom is -0.508 e. The van der Waals surface area contributed by atoms with Gasteiger partial charge < -0.3 is 5.11 Å². The summed E-state index contributed by atoms with van der Waals surface area (Å²) in [5.41, 5.74) is 4.10. The summed E-state index contributed by atoms with van der Waals surface area (Å²) in [5, 5.41) is 12.5. The van der Waals surface area contributed by atoms with Gasteiger partial charge in [-0.1, -0.05) is 24.3 Å². The summed E-state index contributed by atoms with van der Waals surface area (Å²) in [7, 11) is 0. The van der Waals surface area contributed by atoms with Gasteiger partial charge in [-0.15, -0.1) is 0 Å². The van der Waals surface area contributed by atoms with Crippen molar-refractivity contribution < 1.29 is 5.11 Å². The summed E-state index contributed by atoms with van der Waals surface area (Å²) >= 11 is 0. The van der Waals surface area contributed by atoms with Gasteiger partial charge in [0, 0.05) is 22.5 Å². The number of rotatable bonds is 1. The summed E-state index contributed by atoms with van der Waals surface area (Å²) in [6, 6.07) is 16.0. The molecule has 0 aliphatic rings. The zero-order valence-electron chi connectivity index (χ0n) is 12.5. The zero-order chi connectivity index (χ0) is 15.3. The number of aromatic nitrogens is 2. The van der Waals surface area contributed by atoms with E-state index >= 15 is 0 Å². The topological polar surface area (TPSA) is 38.0 Å². The first-order valence-electron chi connectivity index (χ1n) is 7.32. The number of para-hydroxylation sites is 1. The molecular formula is C19H16N2O. The molecule has 2 heterocycles. The standard InChI is InChI=1S/C19H16N2O/c1-12-6-5-11-20-19(12)21-16-8-4-3-7-14(16)15-9-10-17(22)13(2)18(15)21/h3-11,22H,1-2H3. The molecule has 0 aliphatic heterocycles. The number of phenolic OH excluding ortho intramolecular Hbond substituents is 1. The first-order chi connectivity index (χ1) is 10.7. The molecule has 0 spiro atoms. The van der Waals surface area contributed by atoms with Crippen molar-refractivity contribution in [2.45, 2.75) is 13.8 Å². The van der Waals surface area contributed by atoms with Crippen LogP contribution in [0.1, 0.15) is 11.1 Å². The van der Waals surface area contributed by atoms with Crippen molar-refractivity contribution in [3.63, 3.8) is 0 Å². The predicted molar refractivity (Wildman–Crippen MR) is 89.7 cm³/mol. The van der Waals surface area contributed by atoms with Crippen LogP contribution in [-0.2, 0) is 0 Å². The average molecular weight is 288 g/mol. The Morgan fingerprint density at radius 2 is 1.73 bits per heavy atom. The molecule has 0 saturated heterocycles. The van der Waals surface area contributed by atoms with Gasteiger partial charge >= 0.3 is 0 Å². The third-order valence-corrected chi connectivity index (χ3v) is 4.25. The average Bonchev–Trinajstić information content (AvgIpc) is 2.87. The predicted octanol–water partition coefficient (Wildman–Crippen LogP) is 4.50. The molecule has 3 heteroatoms. The van der Waals surface area contributed by atoms with E-state index in [-0.39, 0.29) is 0 Å². The number of pyridine rings is 1. The number of hydrogen-bond donors (Lipinski definition) is 1. The van der Waals surface area contributed by atoms with Crippen molar-refractivity contribution in [1.29, 1.82) is 0 Å². The monoisotopic (exact) mass is 288 g/mol. The third kappa shape index (κ3) is 1.65. The van der Waals surface area contributed by atoms with Crippen LogP contribution in [0.25, 0.3) is 27.6 Å². The summed E-state index contributed by atoms with van der Waals surface area (Å²) < 4.78 is 2.15. The number of benzene rings is 2. The smallest absolute Gasteiger partial charge is 0.140 e. The second-order valence-corrected chi connectivity index (χ2v) is 5.60. The molecule has 0 bridgehead atoms. The lowest BCUT2D eigenvalue weighted by Crippen LogP contribution is -2.00. The fraction of sp³-hybridized carbons (Fsp3) is 0.105. The maximum atomic E-state index is 10.1. The SMILES string of the molecule is Cc1cccnc1-n1c2ccccc2c2ccc(O)c(C)c21. The molecule has 2 aromatic heterocycles. The van der Waals surface area contributed by atoms with Crippen LogP contribution in [-0.4, -0.2) is 14.7 Å². The van der Waals surface area contributed by atoms with Gasteiger partial charge in [0.25, 0.3) is 0 Å². The van der Waals surface area contributed by atoms with E-state index in [1.54, 1.807) is 12.3 Å². The van der Waals surface area contributed by atoms with E-state index in [0.29, 0.717) is 5.75 Å². The fourth-order valence-corrected chi connectivity index (χ4v) is 3.14. The normalized spacial score (nSPS) is 11.4. The molecule has 0 radical (unpaired) electrons. The minimum atomic E-state index is 0.310. The van der Waals surface area contributed by atoms with Crippen molar-refractivity contribution in [2.75, 3.05) is 0 Å². The molecule has 0 unspecified atom stereocenters. The number of aromatic hydroxyl groups is 1. The van der Waals surface area contributed by atoms with E-state index in [1.165, 1.54) is 5.39 Å². The Labute approximate surface area is 128 Å². The van der Waals surface area contributed by atoms with Gasteiger partial charge in [0.15, 0.2) is 0 Å². The van der Waals surface area contributed by atoms with Gasteiger partial charge in [-0.3, -0.25) is 4.57 Å². The number of aryl methyl sites for hydroxylation is 2. The molecule has 3 nitrogen and oxygen atoms in total. The molecule has 108 valence electrons. The molecule has 4 rings (SSSR count). The highest BCUT2D eigenvalue weighted by molar-refractivity contribution is 6.10. The fourth-order valence-electron chi connectivity index (χ4n) is 3.14. The molecular weight excluding hydrogens is 272 g/mol. The van der Waals surface area contributed by atoms with Gasteiger partial charge in [0.05, 0.1) is 11.0 Å². The molecule has 22 heavy (non-hydrogen) atoms. The lowest BCUT2D eigenvalue weighted by atomic mass is 10.1. The second-order valence-electron chi connectivity index (χ2n) is 5.60. The summed E-state index contributed by atoms with van der Waals surface area (Å²) in [6.45, 7) is 4.01. The van der Waals surface area contributed by atoms with Gasteiger partial charge in [-0.05, 0) is 43.7 Å². The Kier molecular flexibility index (Phi) is 2.70. The summed E-state index contributed by atoms with van der Waals surface area (Å²) in [4.78, 5) is 4.57. The van der Waals surface area contributed by atoms with Crippen LogP contribution in [0.5, 0.6) is 5.75 Å². The van der Waals surface area contributed by atoms with Crippen molar-refractivity contribution >= 4 is 21.8 Å². The highest BCUT2D eigenvalue weighted by Gasteiger charge is 2.17. The zero-order valence-corrected chi connectivity index (χ0v) is 12.5. The largest absolute Gasteiger partial charge is 0.508 e. The van der Waals surface area contributed by atoms with Gasteiger partial charge in [-0.2, -0.15) is 0 Å². The molecule has 0 saturated carbocycles. The van der Waals surface area contributed by atoms with E-state index in [2.05, 4.69) is 34.7 Å². The first kappa shape index (κ1) is 12.9. The van der Waals surface area contributed by atoms with Gasteiger partial charge in [0.1, 0.15) is 11.6 Å².